The number of hydrogen-bond acceptors (Lipinski definition) is 4. The van der Waals surface area contributed by atoms with Gasteiger partial charge in [-0.1, -0.05) is 24.9 Å². The Labute approximate surface area is 129 Å². The van der Waals surface area contributed by atoms with E-state index in [2.05, 4.69) is 4.72 Å². The highest BCUT2D eigenvalue weighted by atomic mass is 35.5. The van der Waals surface area contributed by atoms with Crippen molar-refractivity contribution in [2.75, 3.05) is 13.7 Å². The maximum atomic E-state index is 12.3. The molecule has 0 aliphatic heterocycles. The monoisotopic (exact) mass is 335 g/mol. The molecule has 0 aromatic heterocycles. The molecule has 0 aliphatic rings. The number of hydrogen-bond donors (Lipinski definition) is 2. The summed E-state index contributed by atoms with van der Waals surface area (Å²) in [7, 11) is -2.28. The Morgan fingerprint density at radius 2 is 2.14 bits per heavy atom. The van der Waals surface area contributed by atoms with Crippen molar-refractivity contribution in [3.63, 3.8) is 0 Å². The Morgan fingerprint density at radius 3 is 2.62 bits per heavy atom. The summed E-state index contributed by atoms with van der Waals surface area (Å²) in [6, 6.07) is 3.17. The molecule has 0 saturated heterocycles. The molecular formula is C13H18ClNO5S. The Hall–Kier alpha value is -1.15. The highest BCUT2D eigenvalue weighted by Crippen LogP contribution is 2.21. The Kier molecular flexibility index (Phi) is 6.60. The van der Waals surface area contributed by atoms with Gasteiger partial charge in [0.25, 0.3) is 0 Å². The first kappa shape index (κ1) is 17.9. The van der Waals surface area contributed by atoms with Gasteiger partial charge < -0.3 is 9.84 Å². The second kappa shape index (κ2) is 7.74. The van der Waals surface area contributed by atoms with E-state index in [9.17, 15) is 13.2 Å². The fourth-order valence-corrected chi connectivity index (χ4v) is 3.46. The first-order chi connectivity index (χ1) is 9.81. The predicted octanol–water partition coefficient (Wildman–Crippen LogP) is 2.13. The van der Waals surface area contributed by atoms with Gasteiger partial charge in [0.05, 0.1) is 22.1 Å². The smallest absolute Gasteiger partial charge is 0.337 e. The lowest BCUT2D eigenvalue weighted by Gasteiger charge is -2.17. The number of benzene rings is 1. The second-order valence-electron chi connectivity index (χ2n) is 4.51. The van der Waals surface area contributed by atoms with E-state index in [1.807, 2.05) is 6.92 Å². The molecule has 2 N–H and O–H groups in total. The van der Waals surface area contributed by atoms with Crippen LogP contribution < -0.4 is 4.72 Å². The number of ether oxygens (including phenoxy) is 1. The van der Waals surface area contributed by atoms with Gasteiger partial charge in [-0.15, -0.1) is 0 Å². The van der Waals surface area contributed by atoms with Crippen LogP contribution >= 0.6 is 11.6 Å². The van der Waals surface area contributed by atoms with Crippen LogP contribution in [0.25, 0.3) is 0 Å². The van der Waals surface area contributed by atoms with Gasteiger partial charge in [0.15, 0.2) is 0 Å². The number of halogens is 1. The van der Waals surface area contributed by atoms with Crippen LogP contribution in [0.1, 0.15) is 30.1 Å². The SMILES string of the molecule is CCCC(COC)NS(=O)(=O)c1ccc(C(=O)O)c(Cl)c1. The number of nitrogens with one attached hydrogen (secondary N) is 1. The average Bonchev–Trinajstić information content (AvgIpc) is 2.38. The van der Waals surface area contributed by atoms with Crippen molar-refractivity contribution in [3.05, 3.63) is 28.8 Å². The molecule has 118 valence electrons. The Morgan fingerprint density at radius 1 is 1.48 bits per heavy atom. The maximum absolute atomic E-state index is 12.3. The molecule has 1 unspecified atom stereocenters. The number of carboxylic acids is 1. The molecule has 0 amide bonds. The van der Waals surface area contributed by atoms with Crippen LogP contribution in [0.15, 0.2) is 23.1 Å². The lowest BCUT2D eigenvalue weighted by molar-refractivity contribution is 0.0697. The summed E-state index contributed by atoms with van der Waals surface area (Å²) in [5, 5.41) is 8.76. The minimum Gasteiger partial charge on any atom is -0.478 e. The van der Waals surface area contributed by atoms with E-state index in [0.717, 1.165) is 12.5 Å². The number of rotatable bonds is 8. The predicted molar refractivity (Wildman–Crippen MR) is 79.3 cm³/mol. The van der Waals surface area contributed by atoms with Gasteiger partial charge in [-0.25, -0.2) is 17.9 Å². The Balaban J connectivity index is 3.02. The molecule has 0 bridgehead atoms. The molecule has 0 heterocycles. The van der Waals surface area contributed by atoms with E-state index in [0.29, 0.717) is 6.42 Å². The van der Waals surface area contributed by atoms with Gasteiger partial charge in [-0.3, -0.25) is 0 Å². The molecule has 1 aromatic rings. The summed E-state index contributed by atoms with van der Waals surface area (Å²) in [6.45, 7) is 2.20. The summed E-state index contributed by atoms with van der Waals surface area (Å²) < 4.78 is 32.0. The van der Waals surface area contributed by atoms with Crippen LogP contribution in [0.4, 0.5) is 0 Å². The third-order valence-electron chi connectivity index (χ3n) is 2.81. The third kappa shape index (κ3) is 4.96. The molecule has 8 heteroatoms. The summed E-state index contributed by atoms with van der Waals surface area (Å²) in [4.78, 5) is 10.8. The molecule has 21 heavy (non-hydrogen) atoms. The van der Waals surface area contributed by atoms with Crippen molar-refractivity contribution in [1.29, 1.82) is 0 Å². The largest absolute Gasteiger partial charge is 0.478 e. The number of carbonyl (C=O) groups is 1. The van der Waals surface area contributed by atoms with E-state index >= 15 is 0 Å². The van der Waals surface area contributed by atoms with E-state index in [1.54, 1.807) is 0 Å². The quantitative estimate of drug-likeness (QED) is 0.759. The van der Waals surface area contributed by atoms with Gasteiger partial charge in [-0.2, -0.15) is 0 Å². The zero-order chi connectivity index (χ0) is 16.0. The van der Waals surface area contributed by atoms with Gasteiger partial charge >= 0.3 is 5.97 Å². The van der Waals surface area contributed by atoms with E-state index in [4.69, 9.17) is 21.4 Å². The molecule has 0 fully saturated rings. The van der Waals surface area contributed by atoms with Crippen molar-refractivity contribution in [2.24, 2.45) is 0 Å². The van der Waals surface area contributed by atoms with Crippen LogP contribution in [-0.4, -0.2) is 39.3 Å². The first-order valence-corrected chi connectivity index (χ1v) is 8.22. The number of sulfonamides is 1. The second-order valence-corrected chi connectivity index (χ2v) is 6.63. The summed E-state index contributed by atoms with van der Waals surface area (Å²) >= 11 is 5.79. The fourth-order valence-electron chi connectivity index (χ4n) is 1.85. The van der Waals surface area contributed by atoms with Crippen molar-refractivity contribution in [1.82, 2.24) is 4.72 Å². The van der Waals surface area contributed by atoms with Crippen LogP contribution in [0.3, 0.4) is 0 Å². The molecule has 6 nitrogen and oxygen atoms in total. The standard InChI is InChI=1S/C13H18ClNO5S/c1-3-4-9(8-20-2)15-21(18,19)10-5-6-11(13(16)17)12(14)7-10/h5-7,9,15H,3-4,8H2,1-2H3,(H,16,17). The van der Waals surface area contributed by atoms with Crippen molar-refractivity contribution < 1.29 is 23.1 Å². The van der Waals surface area contributed by atoms with Crippen LogP contribution in [0.5, 0.6) is 0 Å². The minimum atomic E-state index is -3.78. The van der Waals surface area contributed by atoms with Crippen molar-refractivity contribution in [2.45, 2.75) is 30.7 Å². The topological polar surface area (TPSA) is 92.7 Å². The average molecular weight is 336 g/mol. The molecule has 1 atom stereocenters. The summed E-state index contributed by atoms with van der Waals surface area (Å²) in [5.74, 6) is -1.21. The van der Waals surface area contributed by atoms with E-state index in [1.165, 1.54) is 19.2 Å². The maximum Gasteiger partial charge on any atom is 0.337 e. The van der Waals surface area contributed by atoms with Crippen molar-refractivity contribution >= 4 is 27.6 Å². The lowest BCUT2D eigenvalue weighted by Crippen LogP contribution is -2.37. The summed E-state index contributed by atoms with van der Waals surface area (Å²) in [5.41, 5.74) is -0.141. The van der Waals surface area contributed by atoms with Gasteiger partial charge in [-0.05, 0) is 24.6 Å². The molecule has 0 spiro atoms. The zero-order valence-electron chi connectivity index (χ0n) is 11.8. The van der Waals surface area contributed by atoms with Crippen LogP contribution in [0.2, 0.25) is 5.02 Å². The Bertz CT molecular complexity index is 597. The number of aromatic carboxylic acids is 1. The first-order valence-electron chi connectivity index (χ1n) is 6.36. The highest BCUT2D eigenvalue weighted by Gasteiger charge is 2.21. The van der Waals surface area contributed by atoms with Crippen LogP contribution in [-0.2, 0) is 14.8 Å². The fraction of sp³-hybridized carbons (Fsp3) is 0.462. The third-order valence-corrected chi connectivity index (χ3v) is 4.64. The lowest BCUT2D eigenvalue weighted by atomic mass is 10.2. The molecule has 1 rings (SSSR count). The van der Waals surface area contributed by atoms with Gasteiger partial charge in [0, 0.05) is 13.2 Å². The summed E-state index contributed by atoms with van der Waals surface area (Å²) in [6.07, 6.45) is 1.43. The van der Waals surface area contributed by atoms with E-state index in [-0.39, 0.29) is 28.1 Å². The number of carboxylic acid groups (broad SMARTS) is 1. The van der Waals surface area contributed by atoms with Crippen molar-refractivity contribution in [3.8, 4) is 0 Å². The highest BCUT2D eigenvalue weighted by molar-refractivity contribution is 7.89. The van der Waals surface area contributed by atoms with Gasteiger partial charge in [0.2, 0.25) is 10.0 Å². The number of methoxy groups -OCH3 is 1. The van der Waals surface area contributed by atoms with E-state index < -0.39 is 16.0 Å². The van der Waals surface area contributed by atoms with Crippen LogP contribution in [0, 0.1) is 0 Å². The molecule has 0 aliphatic carbocycles. The minimum absolute atomic E-state index is 0.0743. The normalized spacial score (nSPS) is 13.1. The molecule has 1 aromatic carbocycles. The molecule has 0 saturated carbocycles. The molecular weight excluding hydrogens is 318 g/mol. The zero-order valence-corrected chi connectivity index (χ0v) is 13.4. The molecule has 0 radical (unpaired) electrons. The van der Waals surface area contributed by atoms with Gasteiger partial charge in [0.1, 0.15) is 0 Å².